The summed E-state index contributed by atoms with van der Waals surface area (Å²) in [4.78, 5) is 11.2. The molecule has 2 aliphatic rings. The van der Waals surface area contributed by atoms with Gasteiger partial charge in [-0.2, -0.15) is 0 Å². The smallest absolute Gasteiger partial charge is 1.00 e. The molecule has 9 nitrogen and oxygen atoms in total. The second kappa shape index (κ2) is 30.4. The third kappa shape index (κ3) is 27.6. The van der Waals surface area contributed by atoms with Crippen molar-refractivity contribution in [2.24, 2.45) is 11.8 Å². The third-order valence-corrected chi connectivity index (χ3v) is 5.60. The summed E-state index contributed by atoms with van der Waals surface area (Å²) in [7, 11) is -1.00. The molecule has 0 saturated heterocycles. The molecule has 224 valence electrons. The number of halogens is 2. The first kappa shape index (κ1) is 43.5. The van der Waals surface area contributed by atoms with Crippen molar-refractivity contribution in [1.82, 2.24) is 0 Å². The van der Waals surface area contributed by atoms with E-state index in [2.05, 4.69) is 27.7 Å². The zero-order valence-electron chi connectivity index (χ0n) is 26.5. The molecule has 13 heteroatoms. The van der Waals surface area contributed by atoms with Gasteiger partial charge in [0, 0.05) is 41.7 Å². The summed E-state index contributed by atoms with van der Waals surface area (Å²) < 4.78 is 31.9. The number of hydrogen-bond donors (Lipinski definition) is 3. The Morgan fingerprint density at radius 3 is 1.54 bits per heavy atom. The molecular weight excluding hydrogens is 657 g/mol. The number of hydrogen-bond acceptors (Lipinski definition) is 9. The van der Waals surface area contributed by atoms with Crippen LogP contribution in [0.3, 0.4) is 0 Å². The number of carbonyl (C=O) groups is 1. The molecule has 2 fully saturated rings. The van der Waals surface area contributed by atoms with Crippen LogP contribution < -0.4 is 122 Å². The van der Waals surface area contributed by atoms with Gasteiger partial charge in [0.05, 0.1) is 28.3 Å². The predicted molar refractivity (Wildman–Crippen MR) is 149 cm³/mol. The zero-order valence-corrected chi connectivity index (χ0v) is 32.4. The molecule has 2 aliphatic carbocycles. The topological polar surface area (TPSA) is 138 Å². The van der Waals surface area contributed by atoms with E-state index in [0.717, 1.165) is 18.4 Å². The molecule has 2 saturated carbocycles. The Kier molecular flexibility index (Phi) is 32.2. The molecule has 0 spiro atoms. The number of aromatic hydroxyl groups is 3. The number of phenolic OH excluding ortho intramolecular Hbond substituents is 3. The minimum absolute atomic E-state index is 0. The van der Waals surface area contributed by atoms with E-state index in [1.54, 1.807) is 12.1 Å². The van der Waals surface area contributed by atoms with E-state index in [4.69, 9.17) is 35.8 Å². The second-order valence-corrected chi connectivity index (χ2v) is 9.38. The maximum Gasteiger partial charge on any atom is 1.00 e. The number of benzene rings is 2. The monoisotopic (exact) mass is 699 g/mol. The average Bonchev–Trinajstić information content (AvgIpc) is 3.85. The molecular formula is C28H42BrFK2O9. The van der Waals surface area contributed by atoms with Crippen LogP contribution in [-0.4, -0.2) is 54.1 Å². The Hall–Kier alpha value is 0.353. The number of carbonyl (C=O) groups excluding carboxylic acids is 1. The largest absolute Gasteiger partial charge is 1.00 e. The van der Waals surface area contributed by atoms with Crippen LogP contribution in [0.15, 0.2) is 36.4 Å². The van der Waals surface area contributed by atoms with Crippen LogP contribution >= 0.6 is 15.9 Å². The van der Waals surface area contributed by atoms with Gasteiger partial charge in [-0.3, -0.25) is 9.18 Å². The molecule has 0 radical (unpaired) electrons. The summed E-state index contributed by atoms with van der Waals surface area (Å²) in [5, 5.41) is 37.3. The minimum atomic E-state index is -1.00. The van der Waals surface area contributed by atoms with E-state index >= 15 is 0 Å². The molecule has 0 heterocycles. The molecule has 0 unspecified atom stereocenters. The van der Waals surface area contributed by atoms with Crippen LogP contribution in [0.25, 0.3) is 0 Å². The van der Waals surface area contributed by atoms with Crippen molar-refractivity contribution < 1.29 is 154 Å². The fourth-order valence-corrected chi connectivity index (χ4v) is 2.59. The maximum absolute atomic E-state index is 9.96. The summed E-state index contributed by atoms with van der Waals surface area (Å²) in [5.41, 5.74) is 0. The van der Waals surface area contributed by atoms with Gasteiger partial charge < -0.3 is 41.1 Å². The van der Waals surface area contributed by atoms with Gasteiger partial charge in [0.25, 0.3) is 6.47 Å². The van der Waals surface area contributed by atoms with Gasteiger partial charge in [0.15, 0.2) is 0 Å². The van der Waals surface area contributed by atoms with E-state index in [0.29, 0.717) is 42.3 Å². The first-order valence-electron chi connectivity index (χ1n) is 13.4. The summed E-state index contributed by atoms with van der Waals surface area (Å²) in [6.07, 6.45) is 7.17. The Labute approximate surface area is 339 Å². The van der Waals surface area contributed by atoms with Gasteiger partial charge in [-0.1, -0.05) is 29.8 Å². The van der Waals surface area contributed by atoms with Crippen molar-refractivity contribution >= 4 is 22.4 Å². The van der Waals surface area contributed by atoms with Crippen molar-refractivity contribution in [3.8, 4) is 34.5 Å². The molecule has 41 heavy (non-hydrogen) atoms. The SMILES string of the molecule is CCCBr.CCCOc1cc(O)cc(OCC2CC2)c1.O=CO[O-].Oc1cc(O)cc(OCC2CC2)c1.[2H]CF.[H-].[K+].[K+]. The number of ether oxygens (including phenoxy) is 3. The molecule has 2 aromatic rings. The number of rotatable bonds is 11. The molecule has 0 atom stereocenters. The Morgan fingerprint density at radius 1 is 0.878 bits per heavy atom. The molecule has 0 bridgehead atoms. The minimum Gasteiger partial charge on any atom is -1.00 e. The normalized spacial score (nSPS) is 12.5. The Morgan fingerprint density at radius 2 is 1.22 bits per heavy atom. The van der Waals surface area contributed by atoms with Crippen molar-refractivity contribution in [2.75, 3.05) is 32.3 Å². The molecule has 0 aromatic heterocycles. The van der Waals surface area contributed by atoms with Gasteiger partial charge in [0.2, 0.25) is 0 Å². The van der Waals surface area contributed by atoms with Crippen molar-refractivity contribution in [3.05, 3.63) is 36.4 Å². The van der Waals surface area contributed by atoms with Gasteiger partial charge in [-0.15, -0.1) is 0 Å². The predicted octanol–water partition coefficient (Wildman–Crippen LogP) is -0.211. The maximum atomic E-state index is 9.96. The van der Waals surface area contributed by atoms with E-state index in [9.17, 15) is 9.50 Å². The van der Waals surface area contributed by atoms with Crippen molar-refractivity contribution in [3.63, 3.8) is 0 Å². The van der Waals surface area contributed by atoms with Crippen LogP contribution in [0.1, 0.15) is 55.2 Å². The fraction of sp³-hybridized carbons (Fsp3) is 0.536. The van der Waals surface area contributed by atoms with Gasteiger partial charge in [0.1, 0.15) is 34.5 Å². The van der Waals surface area contributed by atoms with Gasteiger partial charge in [-0.25, -0.2) is 0 Å². The number of alkyl halides is 2. The van der Waals surface area contributed by atoms with Crippen LogP contribution in [0.2, 0.25) is 0 Å². The molecule has 0 amide bonds. The van der Waals surface area contributed by atoms with E-state index in [1.807, 2.05) is 13.0 Å². The Balaban J connectivity index is -0.000000254. The van der Waals surface area contributed by atoms with Crippen molar-refractivity contribution in [2.45, 2.75) is 52.4 Å². The molecule has 4 rings (SSSR count). The molecule has 2 aromatic carbocycles. The van der Waals surface area contributed by atoms with Crippen molar-refractivity contribution in [1.29, 1.82) is 0 Å². The fourth-order valence-electron chi connectivity index (χ4n) is 2.59. The van der Waals surface area contributed by atoms with Crippen LogP contribution in [-0.2, 0) is 9.68 Å². The second-order valence-electron chi connectivity index (χ2n) is 8.59. The summed E-state index contributed by atoms with van der Waals surface area (Å²) >= 11 is 3.25. The van der Waals surface area contributed by atoms with E-state index in [-0.39, 0.29) is 128 Å². The van der Waals surface area contributed by atoms with E-state index in [1.165, 1.54) is 50.3 Å². The molecule has 3 N–H and O–H groups in total. The quantitative estimate of drug-likeness (QED) is 0.0957. The van der Waals surface area contributed by atoms with E-state index < -0.39 is 7.15 Å². The van der Waals surface area contributed by atoms with Gasteiger partial charge in [-0.05, 0) is 50.4 Å². The van der Waals surface area contributed by atoms with Gasteiger partial charge >= 0.3 is 103 Å². The summed E-state index contributed by atoms with van der Waals surface area (Å²) in [6.45, 7) is 6.09. The third-order valence-electron chi connectivity index (χ3n) is 4.81. The van der Waals surface area contributed by atoms with Crippen LogP contribution in [0.5, 0.6) is 34.5 Å². The average molecular weight is 701 g/mol. The first-order valence-corrected chi connectivity index (χ1v) is 13.8. The summed E-state index contributed by atoms with van der Waals surface area (Å²) in [6, 6.07) is 9.35. The summed E-state index contributed by atoms with van der Waals surface area (Å²) in [5.74, 6) is 3.54. The first-order chi connectivity index (χ1) is 19.3. The van der Waals surface area contributed by atoms with Crippen LogP contribution in [0.4, 0.5) is 4.39 Å². The Bertz CT molecular complexity index is 910. The standard InChI is InChI=1S/C13H18O3.C10H12O3.C3H7Br.CH3F.CH2O3.2K.H/c1-2-5-15-12-6-11(14)7-13(8-12)16-9-10-3-4-10;11-8-3-9(12)5-10(4-8)13-6-7-1-2-7;1-2-3-4;1-2;2-1-4-3;;;/h6-8,10,14H,2-5,9H2,1H3;3-5,7,11-12H,1-2,6H2;2-3H2,1H3;1H3;1,3H;;;/q;;;;;2*+1;-1/p-1/i;;;1D;;;;. The number of phenols is 3. The zero-order chi connectivity index (χ0) is 30.2. The molecule has 0 aliphatic heterocycles. The van der Waals surface area contributed by atoms with Crippen LogP contribution in [0, 0.1) is 11.8 Å².